The van der Waals surface area contributed by atoms with Gasteiger partial charge in [-0.05, 0) is 44.2 Å². The van der Waals surface area contributed by atoms with Crippen molar-refractivity contribution in [2.45, 2.75) is 30.3 Å². The number of hydrogen-bond acceptors (Lipinski definition) is 5. The van der Waals surface area contributed by atoms with Crippen molar-refractivity contribution < 1.29 is 40.7 Å². The van der Waals surface area contributed by atoms with E-state index in [1.807, 2.05) is 7.05 Å². The highest BCUT2D eigenvalue weighted by molar-refractivity contribution is 7.92. The topological polar surface area (TPSA) is 107 Å². The minimum absolute atomic E-state index is 0.0348. The first-order chi connectivity index (χ1) is 14.3. The van der Waals surface area contributed by atoms with Crippen LogP contribution >= 0.6 is 0 Å². The van der Waals surface area contributed by atoms with Crippen LogP contribution in [0.4, 0.5) is 28.0 Å². The van der Waals surface area contributed by atoms with Crippen molar-refractivity contribution in [1.29, 1.82) is 0 Å². The van der Waals surface area contributed by atoms with Crippen molar-refractivity contribution in [2.24, 2.45) is 0 Å². The Morgan fingerprint density at radius 1 is 1.10 bits per heavy atom. The zero-order valence-corrected chi connectivity index (χ0v) is 17.4. The number of fused-ring (bicyclic) bond motifs is 1. The van der Waals surface area contributed by atoms with Crippen molar-refractivity contribution in [3.63, 3.8) is 0 Å². The lowest BCUT2D eigenvalue weighted by atomic mass is 10.1. The number of hydrogen-bond donors (Lipinski definition) is 2. The average molecular weight is 469 g/mol. The van der Waals surface area contributed by atoms with Gasteiger partial charge in [0.05, 0.1) is 11.0 Å². The standard InChI is InChI=1S/C16H22FN3O3S.C2HF3O2/c1-19-10-11-24(22,23)15-7-9-20(8-6-14(15)19)16(21)18-13-4-2-12(17)3-5-13;3-2(4,5)1(6)7/h2-5,14-15H,6-11H2,1H3,(H,18,21);(H,6,7)/t14-,15+;/m0./s1. The number of benzene rings is 1. The van der Waals surface area contributed by atoms with E-state index in [9.17, 15) is 30.8 Å². The van der Waals surface area contributed by atoms with Gasteiger partial charge in [0, 0.05) is 31.4 Å². The van der Waals surface area contributed by atoms with Gasteiger partial charge in [0.25, 0.3) is 0 Å². The van der Waals surface area contributed by atoms with Gasteiger partial charge in [-0.2, -0.15) is 13.2 Å². The molecule has 2 aliphatic rings. The minimum Gasteiger partial charge on any atom is -0.475 e. The number of nitrogens with one attached hydrogen (secondary N) is 1. The maximum atomic E-state index is 12.9. The summed E-state index contributed by atoms with van der Waals surface area (Å²) in [5.74, 6) is -2.93. The van der Waals surface area contributed by atoms with E-state index >= 15 is 0 Å². The molecule has 2 fully saturated rings. The van der Waals surface area contributed by atoms with Gasteiger partial charge >= 0.3 is 18.2 Å². The molecule has 0 aromatic heterocycles. The van der Waals surface area contributed by atoms with E-state index in [1.54, 1.807) is 4.90 Å². The number of alkyl halides is 3. The van der Waals surface area contributed by atoms with Crippen molar-refractivity contribution in [3.8, 4) is 0 Å². The zero-order valence-electron chi connectivity index (χ0n) is 16.6. The van der Waals surface area contributed by atoms with E-state index in [0.29, 0.717) is 38.2 Å². The van der Waals surface area contributed by atoms with E-state index in [2.05, 4.69) is 10.2 Å². The van der Waals surface area contributed by atoms with E-state index in [-0.39, 0.29) is 23.6 Å². The number of carboxylic acids is 1. The van der Waals surface area contributed by atoms with Gasteiger partial charge < -0.3 is 20.2 Å². The second kappa shape index (κ2) is 9.81. The molecule has 1 aromatic carbocycles. The van der Waals surface area contributed by atoms with E-state index in [0.717, 1.165) is 0 Å². The molecule has 0 unspecified atom stereocenters. The molecule has 0 aliphatic carbocycles. The molecule has 2 N–H and O–H groups in total. The number of likely N-dealkylation sites (tertiary alicyclic amines) is 1. The fraction of sp³-hybridized carbons (Fsp3) is 0.556. The van der Waals surface area contributed by atoms with Crippen LogP contribution in [0.2, 0.25) is 0 Å². The molecular formula is C18H23F4N3O5S. The predicted molar refractivity (Wildman–Crippen MR) is 104 cm³/mol. The first-order valence-corrected chi connectivity index (χ1v) is 11.1. The normalized spacial score (nSPS) is 23.6. The summed E-state index contributed by atoms with van der Waals surface area (Å²) in [6.07, 6.45) is -3.99. The molecule has 0 radical (unpaired) electrons. The highest BCUT2D eigenvalue weighted by Gasteiger charge is 2.42. The fourth-order valence-corrected chi connectivity index (χ4v) is 5.64. The summed E-state index contributed by atoms with van der Waals surface area (Å²) in [6.45, 7) is 1.46. The molecule has 13 heteroatoms. The van der Waals surface area contributed by atoms with E-state index in [4.69, 9.17) is 9.90 Å². The summed E-state index contributed by atoms with van der Waals surface area (Å²) < 4.78 is 69.3. The zero-order chi connectivity index (χ0) is 23.4. The van der Waals surface area contributed by atoms with Crippen LogP contribution in [0.1, 0.15) is 12.8 Å². The second-order valence-corrected chi connectivity index (χ2v) is 9.60. The third-order valence-electron chi connectivity index (χ3n) is 5.19. The maximum absolute atomic E-state index is 12.9. The largest absolute Gasteiger partial charge is 0.490 e. The summed E-state index contributed by atoms with van der Waals surface area (Å²) in [5, 5.41) is 9.46. The molecule has 3 rings (SSSR count). The number of aliphatic carboxylic acids is 1. The highest BCUT2D eigenvalue weighted by Crippen LogP contribution is 2.27. The number of anilines is 1. The Labute approximate surface area is 176 Å². The lowest BCUT2D eigenvalue weighted by molar-refractivity contribution is -0.192. The summed E-state index contributed by atoms with van der Waals surface area (Å²) in [7, 11) is -1.15. The van der Waals surface area contributed by atoms with Crippen LogP contribution in [-0.4, -0.2) is 85.2 Å². The fourth-order valence-electron chi connectivity index (χ4n) is 3.51. The van der Waals surface area contributed by atoms with E-state index in [1.165, 1.54) is 24.3 Å². The van der Waals surface area contributed by atoms with Gasteiger partial charge in [0.2, 0.25) is 0 Å². The number of carbonyl (C=O) groups is 2. The summed E-state index contributed by atoms with van der Waals surface area (Å²) >= 11 is 0. The SMILES string of the molecule is CN1CCS(=O)(=O)[C@@H]2CCN(C(=O)Nc3ccc(F)cc3)CC[C@@H]21.O=C(O)C(F)(F)F. The number of sulfone groups is 1. The number of rotatable bonds is 1. The smallest absolute Gasteiger partial charge is 0.475 e. The number of urea groups is 1. The molecule has 2 aliphatic heterocycles. The van der Waals surface area contributed by atoms with Gasteiger partial charge in [-0.25, -0.2) is 22.4 Å². The predicted octanol–water partition coefficient (Wildman–Crippen LogP) is 2.18. The number of carbonyl (C=O) groups excluding carboxylic acids is 1. The molecule has 8 nitrogen and oxygen atoms in total. The summed E-state index contributed by atoms with van der Waals surface area (Å²) in [6, 6.07) is 5.27. The molecule has 2 atom stereocenters. The number of amides is 2. The quantitative estimate of drug-likeness (QED) is 0.611. The third kappa shape index (κ3) is 6.79. The third-order valence-corrected chi connectivity index (χ3v) is 7.41. The molecule has 31 heavy (non-hydrogen) atoms. The Morgan fingerprint density at radius 3 is 2.19 bits per heavy atom. The molecule has 0 spiro atoms. The molecule has 2 saturated heterocycles. The monoisotopic (exact) mass is 469 g/mol. The molecule has 2 amide bonds. The molecule has 0 bridgehead atoms. The lowest BCUT2D eigenvalue weighted by Crippen LogP contribution is -2.52. The Kier molecular flexibility index (Phi) is 7.87. The van der Waals surface area contributed by atoms with Crippen molar-refractivity contribution in [1.82, 2.24) is 9.80 Å². The van der Waals surface area contributed by atoms with Crippen molar-refractivity contribution in [2.75, 3.05) is 37.8 Å². The Morgan fingerprint density at radius 2 is 1.65 bits per heavy atom. The van der Waals surface area contributed by atoms with Gasteiger partial charge in [-0.3, -0.25) is 0 Å². The van der Waals surface area contributed by atoms with Crippen LogP contribution in [0, 0.1) is 5.82 Å². The molecule has 174 valence electrons. The van der Waals surface area contributed by atoms with Gasteiger partial charge in [0.15, 0.2) is 9.84 Å². The van der Waals surface area contributed by atoms with Gasteiger partial charge in [0.1, 0.15) is 5.82 Å². The van der Waals surface area contributed by atoms with Crippen LogP contribution in [-0.2, 0) is 14.6 Å². The van der Waals surface area contributed by atoms with E-state index < -0.39 is 27.2 Å². The van der Waals surface area contributed by atoms with Gasteiger partial charge in [-0.15, -0.1) is 0 Å². The molecule has 1 aromatic rings. The Balaban J connectivity index is 0.000000423. The molecule has 2 heterocycles. The summed E-state index contributed by atoms with van der Waals surface area (Å²) in [5.41, 5.74) is 0.521. The highest BCUT2D eigenvalue weighted by atomic mass is 32.2. The average Bonchev–Trinajstić information content (AvgIpc) is 2.91. The van der Waals surface area contributed by atoms with Crippen LogP contribution in [0.5, 0.6) is 0 Å². The summed E-state index contributed by atoms with van der Waals surface area (Å²) in [4.78, 5) is 25.0. The van der Waals surface area contributed by atoms with Gasteiger partial charge in [-0.1, -0.05) is 0 Å². The number of carboxylic acid groups (broad SMARTS) is 1. The first kappa shape index (κ1) is 24.9. The van der Waals surface area contributed by atoms with Crippen molar-refractivity contribution in [3.05, 3.63) is 30.1 Å². The minimum atomic E-state index is -5.08. The number of nitrogens with zero attached hydrogens (tertiary/aromatic N) is 2. The molecule has 0 saturated carbocycles. The van der Waals surface area contributed by atoms with Crippen LogP contribution in [0.25, 0.3) is 0 Å². The van der Waals surface area contributed by atoms with Crippen molar-refractivity contribution >= 4 is 27.5 Å². The first-order valence-electron chi connectivity index (χ1n) is 9.34. The van der Waals surface area contributed by atoms with Crippen LogP contribution < -0.4 is 5.32 Å². The van der Waals surface area contributed by atoms with Crippen LogP contribution in [0.15, 0.2) is 24.3 Å². The maximum Gasteiger partial charge on any atom is 0.490 e. The molecular weight excluding hydrogens is 446 g/mol. The second-order valence-electron chi connectivity index (χ2n) is 7.26. The Bertz CT molecular complexity index is 892. The Hall–Kier alpha value is -2.41. The lowest BCUT2D eigenvalue weighted by Gasteiger charge is -2.37. The number of halogens is 4. The van der Waals surface area contributed by atoms with Crippen LogP contribution in [0.3, 0.4) is 0 Å².